The zero-order chi connectivity index (χ0) is 19.8. The number of aryl methyl sites for hydroxylation is 1. The van der Waals surface area contributed by atoms with Crippen molar-refractivity contribution in [3.05, 3.63) is 101 Å². The van der Waals surface area contributed by atoms with Gasteiger partial charge in [0, 0.05) is 32.3 Å². The second kappa shape index (κ2) is 7.21. The van der Waals surface area contributed by atoms with E-state index >= 15 is 0 Å². The fraction of sp³-hybridized carbons (Fsp3) is 0.200. The van der Waals surface area contributed by atoms with Crippen molar-refractivity contribution in [1.29, 1.82) is 0 Å². The Bertz CT molecular complexity index is 1190. The number of carbonyl (C=O) groups excluding carboxylic acids is 1. The van der Waals surface area contributed by atoms with Crippen molar-refractivity contribution in [1.82, 2.24) is 14.7 Å². The number of benzene rings is 3. The van der Waals surface area contributed by atoms with Crippen LogP contribution in [0, 0.1) is 0 Å². The van der Waals surface area contributed by atoms with Gasteiger partial charge < -0.3 is 4.90 Å². The summed E-state index contributed by atoms with van der Waals surface area (Å²) in [5, 5.41) is 6.68. The maximum absolute atomic E-state index is 13.3. The fourth-order valence-corrected chi connectivity index (χ4v) is 4.42. The van der Waals surface area contributed by atoms with E-state index in [0.29, 0.717) is 19.5 Å². The minimum absolute atomic E-state index is 0.158. The monoisotopic (exact) mass is 381 g/mol. The molecule has 0 aliphatic carbocycles. The SMILES string of the molecule is Cn1cc(C2CN(C(=O)Cc3cccc4ccccc34)Cc3ccccc32)cn1. The average Bonchev–Trinajstić information content (AvgIpc) is 3.19. The molecule has 0 saturated heterocycles. The molecule has 0 radical (unpaired) electrons. The van der Waals surface area contributed by atoms with Gasteiger partial charge in [-0.1, -0.05) is 66.7 Å². The van der Waals surface area contributed by atoms with Gasteiger partial charge >= 0.3 is 0 Å². The first-order chi connectivity index (χ1) is 14.2. The number of hydrogen-bond acceptors (Lipinski definition) is 2. The third-order valence-electron chi connectivity index (χ3n) is 5.90. The third-order valence-corrected chi connectivity index (χ3v) is 5.90. The predicted octanol–water partition coefficient (Wildman–Crippen LogP) is 4.29. The summed E-state index contributed by atoms with van der Waals surface area (Å²) in [7, 11) is 1.93. The summed E-state index contributed by atoms with van der Waals surface area (Å²) in [6.45, 7) is 1.35. The quantitative estimate of drug-likeness (QED) is 0.531. The molecule has 1 aliphatic rings. The van der Waals surface area contributed by atoms with Crippen LogP contribution >= 0.6 is 0 Å². The Hall–Kier alpha value is -3.40. The predicted molar refractivity (Wildman–Crippen MR) is 115 cm³/mol. The van der Waals surface area contributed by atoms with Gasteiger partial charge in [-0.25, -0.2) is 0 Å². The van der Waals surface area contributed by atoms with Gasteiger partial charge in [-0.15, -0.1) is 0 Å². The number of aromatic nitrogens is 2. The van der Waals surface area contributed by atoms with E-state index in [2.05, 4.69) is 59.8 Å². The molecular weight excluding hydrogens is 358 g/mol. The summed E-state index contributed by atoms with van der Waals surface area (Å²) in [5.74, 6) is 0.329. The van der Waals surface area contributed by atoms with Gasteiger partial charge in [0.1, 0.15) is 0 Å². The Morgan fingerprint density at radius 1 is 1.03 bits per heavy atom. The first-order valence-electron chi connectivity index (χ1n) is 10.00. The van der Waals surface area contributed by atoms with E-state index in [0.717, 1.165) is 16.5 Å². The van der Waals surface area contributed by atoms with Crippen LogP contribution < -0.4 is 0 Å². The van der Waals surface area contributed by atoms with Gasteiger partial charge in [-0.05, 0) is 33.0 Å². The molecule has 0 fully saturated rings. The molecule has 0 N–H and O–H groups in total. The van der Waals surface area contributed by atoms with Crippen molar-refractivity contribution >= 4 is 16.7 Å². The molecular formula is C25H23N3O. The van der Waals surface area contributed by atoms with Crippen LogP contribution in [0.1, 0.15) is 28.2 Å². The number of carbonyl (C=O) groups is 1. The molecule has 4 aromatic rings. The van der Waals surface area contributed by atoms with Crippen LogP contribution in [0.25, 0.3) is 10.8 Å². The summed E-state index contributed by atoms with van der Waals surface area (Å²) in [6, 6.07) is 22.9. The van der Waals surface area contributed by atoms with Crippen LogP contribution in [0.2, 0.25) is 0 Å². The number of fused-ring (bicyclic) bond motifs is 2. The Balaban J connectivity index is 1.46. The number of amides is 1. The second-order valence-corrected chi connectivity index (χ2v) is 7.79. The third kappa shape index (κ3) is 3.31. The van der Waals surface area contributed by atoms with Gasteiger partial charge in [0.25, 0.3) is 0 Å². The highest BCUT2D eigenvalue weighted by atomic mass is 16.2. The van der Waals surface area contributed by atoms with Crippen LogP contribution in [0.5, 0.6) is 0 Å². The van der Waals surface area contributed by atoms with E-state index in [1.807, 2.05) is 41.0 Å². The lowest BCUT2D eigenvalue weighted by Gasteiger charge is -2.34. The fourth-order valence-electron chi connectivity index (χ4n) is 4.42. The maximum Gasteiger partial charge on any atom is 0.227 e. The molecule has 4 heteroatoms. The van der Waals surface area contributed by atoms with E-state index in [9.17, 15) is 4.79 Å². The molecule has 1 atom stereocenters. The van der Waals surface area contributed by atoms with Crippen molar-refractivity contribution in [3.63, 3.8) is 0 Å². The maximum atomic E-state index is 13.3. The summed E-state index contributed by atoms with van der Waals surface area (Å²) < 4.78 is 1.83. The van der Waals surface area contributed by atoms with Crippen LogP contribution in [0.4, 0.5) is 0 Å². The molecule has 29 heavy (non-hydrogen) atoms. The van der Waals surface area contributed by atoms with E-state index in [4.69, 9.17) is 0 Å². The normalized spacial score (nSPS) is 16.0. The molecule has 3 aromatic carbocycles. The Labute approximate surface area is 170 Å². The summed E-state index contributed by atoms with van der Waals surface area (Å²) in [6.07, 6.45) is 4.39. The summed E-state index contributed by atoms with van der Waals surface area (Å²) in [4.78, 5) is 15.3. The number of rotatable bonds is 3. The highest BCUT2D eigenvalue weighted by Crippen LogP contribution is 2.33. The zero-order valence-corrected chi connectivity index (χ0v) is 16.5. The molecule has 0 saturated carbocycles. The minimum atomic E-state index is 0.158. The Morgan fingerprint density at radius 3 is 2.69 bits per heavy atom. The lowest BCUT2D eigenvalue weighted by molar-refractivity contribution is -0.131. The first kappa shape index (κ1) is 17.7. The molecule has 4 nitrogen and oxygen atoms in total. The molecule has 144 valence electrons. The highest BCUT2D eigenvalue weighted by molar-refractivity contribution is 5.90. The largest absolute Gasteiger partial charge is 0.337 e. The van der Waals surface area contributed by atoms with E-state index in [1.165, 1.54) is 16.5 Å². The van der Waals surface area contributed by atoms with Crippen molar-refractivity contribution in [2.24, 2.45) is 7.05 Å². The minimum Gasteiger partial charge on any atom is -0.337 e. The lowest BCUT2D eigenvalue weighted by Crippen LogP contribution is -2.39. The molecule has 2 heterocycles. The topological polar surface area (TPSA) is 38.1 Å². The molecule has 1 aliphatic heterocycles. The Kier molecular flexibility index (Phi) is 4.39. The van der Waals surface area contributed by atoms with E-state index in [1.54, 1.807) is 0 Å². The standard InChI is InChI=1S/C25H23N3O/c1-27-15-21(14-26-27)24-17-28(16-20-8-3-5-12-23(20)24)25(29)13-19-10-6-9-18-7-2-4-11-22(18)19/h2-12,14-15,24H,13,16-17H2,1H3. The Morgan fingerprint density at radius 2 is 1.83 bits per heavy atom. The second-order valence-electron chi connectivity index (χ2n) is 7.79. The molecule has 1 aromatic heterocycles. The summed E-state index contributed by atoms with van der Waals surface area (Å²) >= 11 is 0. The molecule has 1 amide bonds. The summed E-state index contributed by atoms with van der Waals surface area (Å²) in [5.41, 5.74) is 4.76. The van der Waals surface area contributed by atoms with Crippen LogP contribution in [0.15, 0.2) is 79.1 Å². The molecule has 1 unspecified atom stereocenters. The zero-order valence-electron chi connectivity index (χ0n) is 16.5. The van der Waals surface area contributed by atoms with Gasteiger partial charge in [0.05, 0.1) is 12.6 Å². The van der Waals surface area contributed by atoms with Gasteiger partial charge in [0.15, 0.2) is 0 Å². The van der Waals surface area contributed by atoms with Crippen LogP contribution in [-0.4, -0.2) is 27.1 Å². The average molecular weight is 381 g/mol. The first-order valence-corrected chi connectivity index (χ1v) is 10.00. The molecule has 0 bridgehead atoms. The van der Waals surface area contributed by atoms with Gasteiger partial charge in [-0.3, -0.25) is 9.48 Å². The molecule has 0 spiro atoms. The highest BCUT2D eigenvalue weighted by Gasteiger charge is 2.29. The number of hydrogen-bond donors (Lipinski definition) is 0. The lowest BCUT2D eigenvalue weighted by atomic mass is 9.86. The van der Waals surface area contributed by atoms with E-state index in [-0.39, 0.29) is 11.8 Å². The van der Waals surface area contributed by atoms with E-state index < -0.39 is 0 Å². The van der Waals surface area contributed by atoms with Crippen molar-refractivity contribution in [3.8, 4) is 0 Å². The number of nitrogens with zero attached hydrogens (tertiary/aromatic N) is 3. The van der Waals surface area contributed by atoms with Crippen molar-refractivity contribution in [2.75, 3.05) is 6.54 Å². The van der Waals surface area contributed by atoms with Gasteiger partial charge in [-0.2, -0.15) is 5.10 Å². The molecule has 5 rings (SSSR count). The smallest absolute Gasteiger partial charge is 0.227 e. The van der Waals surface area contributed by atoms with Crippen molar-refractivity contribution < 1.29 is 4.79 Å². The van der Waals surface area contributed by atoms with Crippen molar-refractivity contribution in [2.45, 2.75) is 18.9 Å². The van der Waals surface area contributed by atoms with Crippen LogP contribution in [0.3, 0.4) is 0 Å². The van der Waals surface area contributed by atoms with Crippen LogP contribution in [-0.2, 0) is 24.8 Å². The van der Waals surface area contributed by atoms with Gasteiger partial charge in [0.2, 0.25) is 5.91 Å².